The molecule has 0 amide bonds. The van der Waals surface area contributed by atoms with E-state index in [2.05, 4.69) is 29.9 Å². The van der Waals surface area contributed by atoms with Crippen molar-refractivity contribution in [1.82, 2.24) is 44.4 Å². The van der Waals surface area contributed by atoms with Crippen LogP contribution >= 0.6 is 0 Å². The number of nitrogen functional groups attached to an aromatic ring is 2. The number of aromatic nitrogens is 8. The van der Waals surface area contributed by atoms with Gasteiger partial charge in [-0.2, -0.15) is 9.78 Å². The van der Waals surface area contributed by atoms with Crippen molar-refractivity contribution in [2.75, 3.05) is 58.5 Å². The summed E-state index contributed by atoms with van der Waals surface area (Å²) in [5.41, 5.74) is 17.4. The Hall–Kier alpha value is -9.44. The van der Waals surface area contributed by atoms with Crippen molar-refractivity contribution in [3.05, 3.63) is 161 Å². The Labute approximate surface area is 463 Å². The van der Waals surface area contributed by atoms with Gasteiger partial charge in [-0.1, -0.05) is 11.7 Å². The molecule has 4 aromatic carbocycles. The van der Waals surface area contributed by atoms with Crippen LogP contribution in [0.2, 0.25) is 0 Å². The Bertz CT molecular complexity index is 3620. The number of carboxylic acid groups (broad SMARTS) is 1. The summed E-state index contributed by atoms with van der Waals surface area (Å²) in [4.78, 5) is 31.7. The molecule has 11 rings (SSSR count). The second-order valence-electron chi connectivity index (χ2n) is 19.0. The molecule has 2 aliphatic rings. The lowest BCUT2D eigenvalue weighted by Crippen LogP contribution is -2.20. The first-order chi connectivity index (χ1) is 39.2. The molecule has 7 heterocycles. The van der Waals surface area contributed by atoms with E-state index >= 15 is 0 Å². The van der Waals surface area contributed by atoms with E-state index in [1.807, 2.05) is 12.1 Å². The zero-order valence-electron chi connectivity index (χ0n) is 44.8. The van der Waals surface area contributed by atoms with Gasteiger partial charge in [0.05, 0.1) is 41.7 Å². The third kappa shape index (κ3) is 14.6. The van der Waals surface area contributed by atoms with Crippen LogP contribution in [0.1, 0.15) is 72.2 Å². The number of carboxylic acids is 1. The van der Waals surface area contributed by atoms with Crippen molar-refractivity contribution >= 4 is 34.3 Å². The standard InChI is InChI=1S/C27H25FN6O4.C26H24FN5O4.C4H9NO2/c1-16-30-13-23(37-16)14-36-21-10-18(28)11-22(12-21)38-20-4-2-19(3-5-20)34-26-25(31-15-32-27(26)29)24(33-34)17-6-8-35-9-7-17;1-16-30-14-23(35-16)15-34-21-11-18(27)12-22(13-21)36-20-5-3-19(4-6-20)32-26(29-2)24(28)25(31-32)17-7-9-33-10-8-17;1-5(2)3-4(6)7/h2-5,10-13,15,17H,6-9,14H2,1H3,(H2,29,31,32);3-6,11-14,17H,7-10,15,28H2,1H3;3H2,1-2H3,(H,6,7). The predicted molar refractivity (Wildman–Crippen MR) is 291 cm³/mol. The number of benzene rings is 4. The number of fused-ring (bicyclic) bond motifs is 1. The number of hydrogen-bond donors (Lipinski definition) is 3. The van der Waals surface area contributed by atoms with Crippen molar-refractivity contribution in [2.45, 2.75) is 64.6 Å². The summed E-state index contributed by atoms with van der Waals surface area (Å²) in [7, 11) is 3.43. The maximum Gasteiger partial charge on any atom is 0.317 e. The minimum Gasteiger partial charge on any atom is -0.485 e. The first kappa shape index (κ1) is 56.3. The molecular weight excluding hydrogens is 1050 g/mol. The molecule has 2 saturated heterocycles. The molecule has 0 aliphatic carbocycles. The highest BCUT2D eigenvalue weighted by atomic mass is 19.1. The number of ether oxygens (including phenoxy) is 6. The highest BCUT2D eigenvalue weighted by Crippen LogP contribution is 2.39. The van der Waals surface area contributed by atoms with Crippen LogP contribution in [0.15, 0.2) is 112 Å². The zero-order valence-corrected chi connectivity index (χ0v) is 44.8. The average Bonchev–Trinajstić information content (AvgIpc) is 4.32. The minimum absolute atomic E-state index is 0.111. The Kier molecular flexibility index (Phi) is 18.1. The molecule has 2 aliphatic heterocycles. The van der Waals surface area contributed by atoms with Gasteiger partial charge in [-0.15, -0.1) is 0 Å². The summed E-state index contributed by atoms with van der Waals surface area (Å²) >= 11 is 0. The number of aliphatic carboxylic acids is 1. The van der Waals surface area contributed by atoms with Gasteiger partial charge in [0.1, 0.15) is 82.4 Å². The van der Waals surface area contributed by atoms with E-state index in [1.54, 1.807) is 103 Å². The lowest BCUT2D eigenvalue weighted by atomic mass is 9.96. The largest absolute Gasteiger partial charge is 0.485 e. The molecule has 5 N–H and O–H groups in total. The second-order valence-corrected chi connectivity index (χ2v) is 19.0. The van der Waals surface area contributed by atoms with Gasteiger partial charge in [0.2, 0.25) is 0 Å². The number of halogens is 2. The van der Waals surface area contributed by atoms with Crippen LogP contribution in [-0.4, -0.2) is 103 Å². The monoisotopic (exact) mass is 1110 g/mol. The number of likely N-dealkylation sites (N-methyl/N-ethyl adjacent to an activating group) is 1. The molecule has 81 heavy (non-hydrogen) atoms. The molecule has 22 nitrogen and oxygen atoms in total. The Morgan fingerprint density at radius 2 is 1.15 bits per heavy atom. The fourth-order valence-corrected chi connectivity index (χ4v) is 8.89. The Morgan fingerprint density at radius 1 is 0.679 bits per heavy atom. The number of rotatable bonds is 16. The molecule has 2 fully saturated rings. The number of nitrogens with two attached hydrogens (primary N) is 2. The molecule has 420 valence electrons. The van der Waals surface area contributed by atoms with Crippen LogP contribution < -0.4 is 30.4 Å². The highest BCUT2D eigenvalue weighted by molar-refractivity contribution is 5.88. The number of anilines is 2. The first-order valence-corrected chi connectivity index (χ1v) is 25.7. The zero-order chi connectivity index (χ0) is 57.0. The lowest BCUT2D eigenvalue weighted by Gasteiger charge is -2.20. The number of nitrogens with zero attached hydrogens (tertiary/aromatic N) is 10. The molecule has 0 unspecified atom stereocenters. The van der Waals surface area contributed by atoms with Crippen molar-refractivity contribution < 1.29 is 55.9 Å². The highest BCUT2D eigenvalue weighted by Gasteiger charge is 2.28. The molecule has 0 bridgehead atoms. The molecule has 0 radical (unpaired) electrons. The van der Waals surface area contributed by atoms with Gasteiger partial charge in [-0.05, 0) is 88.3 Å². The fraction of sp³-hybridized carbons (Fsp3) is 0.298. The number of hydrogen-bond acceptors (Lipinski definition) is 18. The van der Waals surface area contributed by atoms with Gasteiger partial charge in [0, 0.05) is 88.5 Å². The van der Waals surface area contributed by atoms with Crippen molar-refractivity contribution in [1.29, 1.82) is 0 Å². The lowest BCUT2D eigenvalue weighted by molar-refractivity contribution is -0.137. The molecule has 0 saturated carbocycles. The Balaban J connectivity index is 0.000000175. The number of oxazole rings is 2. The third-order valence-electron chi connectivity index (χ3n) is 12.6. The first-order valence-electron chi connectivity index (χ1n) is 25.7. The van der Waals surface area contributed by atoms with Crippen LogP contribution in [0, 0.1) is 32.1 Å². The van der Waals surface area contributed by atoms with Crippen molar-refractivity contribution in [3.8, 4) is 45.9 Å². The third-order valence-corrected chi connectivity index (χ3v) is 12.6. The molecular formula is C57H58F2N12O10. The van der Waals surface area contributed by atoms with Gasteiger partial charge in [0.15, 0.2) is 29.1 Å². The summed E-state index contributed by atoms with van der Waals surface area (Å²) in [6.07, 6.45) is 7.99. The van der Waals surface area contributed by atoms with E-state index in [4.69, 9.17) is 65.5 Å². The predicted octanol–water partition coefficient (Wildman–Crippen LogP) is 10.4. The maximum absolute atomic E-state index is 14.2. The number of aryl methyl sites for hydroxylation is 2. The quantitative estimate of drug-likeness (QED) is 0.0759. The summed E-state index contributed by atoms with van der Waals surface area (Å²) in [6.45, 7) is 14.1. The van der Waals surface area contributed by atoms with Gasteiger partial charge in [0.25, 0.3) is 5.82 Å². The van der Waals surface area contributed by atoms with Gasteiger partial charge < -0.3 is 58.7 Å². The topological polar surface area (TPSA) is 266 Å². The van der Waals surface area contributed by atoms with Crippen molar-refractivity contribution in [3.63, 3.8) is 0 Å². The van der Waals surface area contributed by atoms with E-state index < -0.39 is 17.6 Å². The van der Waals surface area contributed by atoms with E-state index in [0.29, 0.717) is 101 Å². The van der Waals surface area contributed by atoms with Crippen LogP contribution in [-0.2, 0) is 27.5 Å². The molecule has 0 atom stereocenters. The van der Waals surface area contributed by atoms with E-state index in [1.165, 1.54) is 30.6 Å². The molecule has 0 spiro atoms. The van der Waals surface area contributed by atoms with Crippen LogP contribution in [0.25, 0.3) is 27.3 Å². The van der Waals surface area contributed by atoms with Gasteiger partial charge >= 0.3 is 5.97 Å². The van der Waals surface area contributed by atoms with E-state index in [-0.39, 0.29) is 43.2 Å². The smallest absolute Gasteiger partial charge is 0.317 e. The van der Waals surface area contributed by atoms with Crippen LogP contribution in [0.4, 0.5) is 26.1 Å². The molecule has 5 aromatic heterocycles. The van der Waals surface area contributed by atoms with Gasteiger partial charge in [-0.25, -0.2) is 33.4 Å². The van der Waals surface area contributed by atoms with Gasteiger partial charge in [-0.3, -0.25) is 9.69 Å². The summed E-state index contributed by atoms with van der Waals surface area (Å²) < 4.78 is 76.5. The minimum atomic E-state index is -0.787. The van der Waals surface area contributed by atoms with Crippen molar-refractivity contribution in [2.24, 2.45) is 0 Å². The van der Waals surface area contributed by atoms with Crippen LogP contribution in [0.3, 0.4) is 0 Å². The summed E-state index contributed by atoms with van der Waals surface area (Å²) in [5.74, 6) is 3.59. The summed E-state index contributed by atoms with van der Waals surface area (Å²) in [6, 6.07) is 22.5. The summed E-state index contributed by atoms with van der Waals surface area (Å²) in [5, 5.41) is 17.6. The Morgan fingerprint density at radius 3 is 1.59 bits per heavy atom. The van der Waals surface area contributed by atoms with Crippen LogP contribution in [0.5, 0.6) is 34.5 Å². The number of carbonyl (C=O) groups is 1. The normalized spacial score (nSPS) is 13.7. The SMILES string of the molecule is CN(C)CC(=O)O.Cc1ncc(COc2cc(F)cc(Oc3ccc(-n4nc(C5CCOCC5)c5ncnc(N)c54)cc3)c2)o1.[C-]#[N+]c1c(N)c(C2CCOCC2)nn1-c1ccc(Oc2cc(F)cc(OCc3cnc(C)o3)c2)cc1. The maximum atomic E-state index is 14.2. The average molecular weight is 1110 g/mol. The fourth-order valence-electron chi connectivity index (χ4n) is 8.89. The van der Waals surface area contributed by atoms with E-state index in [9.17, 15) is 13.6 Å². The van der Waals surface area contributed by atoms with E-state index in [0.717, 1.165) is 48.3 Å². The molecule has 9 aromatic rings. The molecule has 24 heteroatoms. The second kappa shape index (κ2) is 26.0.